The van der Waals surface area contributed by atoms with E-state index in [-0.39, 0.29) is 18.3 Å². The summed E-state index contributed by atoms with van der Waals surface area (Å²) in [5.74, 6) is 3.08. The van der Waals surface area contributed by atoms with Crippen LogP contribution in [-0.2, 0) is 9.31 Å². The first kappa shape index (κ1) is 16.1. The van der Waals surface area contributed by atoms with Crippen LogP contribution in [-0.4, -0.2) is 18.3 Å². The van der Waals surface area contributed by atoms with Crippen molar-refractivity contribution >= 4 is 7.12 Å². The first-order chi connectivity index (χ1) is 9.01. The molecule has 0 bridgehead atoms. The fourth-order valence-electron chi connectivity index (χ4n) is 3.17. The van der Waals surface area contributed by atoms with E-state index in [4.69, 9.17) is 9.31 Å². The lowest BCUT2D eigenvalue weighted by Crippen LogP contribution is -2.41. The van der Waals surface area contributed by atoms with Gasteiger partial charge in [-0.3, -0.25) is 0 Å². The molecule has 3 heteroatoms. The summed E-state index contributed by atoms with van der Waals surface area (Å²) < 4.78 is 12.1. The van der Waals surface area contributed by atoms with Crippen molar-refractivity contribution in [3.8, 4) is 0 Å². The van der Waals surface area contributed by atoms with Crippen LogP contribution < -0.4 is 0 Å². The van der Waals surface area contributed by atoms with E-state index in [1.54, 1.807) is 0 Å². The molecule has 2 nitrogen and oxygen atoms in total. The van der Waals surface area contributed by atoms with Crippen molar-refractivity contribution in [3.05, 3.63) is 11.5 Å². The highest BCUT2D eigenvalue weighted by Gasteiger charge is 2.50. The van der Waals surface area contributed by atoms with Crippen molar-refractivity contribution in [1.29, 1.82) is 0 Å². The van der Waals surface area contributed by atoms with E-state index >= 15 is 0 Å². The van der Waals surface area contributed by atoms with Gasteiger partial charge in [0.2, 0.25) is 0 Å². The van der Waals surface area contributed by atoms with Crippen LogP contribution in [0.25, 0.3) is 0 Å². The molecule has 2 fully saturated rings. The summed E-state index contributed by atoms with van der Waals surface area (Å²) >= 11 is 0. The Kier molecular flexibility index (Phi) is 4.16. The Morgan fingerprint density at radius 3 is 1.85 bits per heavy atom. The summed E-state index contributed by atoms with van der Waals surface area (Å²) in [5.41, 5.74) is 1.51. The Bertz CT molecular complexity index is 364. The van der Waals surface area contributed by atoms with E-state index in [0.717, 1.165) is 5.92 Å². The predicted octanol–water partition coefficient (Wildman–Crippen LogP) is 4.78. The van der Waals surface area contributed by atoms with Crippen molar-refractivity contribution in [2.24, 2.45) is 11.3 Å². The average molecular weight is 278 g/mol. The summed E-state index contributed by atoms with van der Waals surface area (Å²) in [6.07, 6.45) is 5.00. The molecule has 0 spiro atoms. The highest BCUT2D eigenvalue weighted by molar-refractivity contribution is 6.51. The summed E-state index contributed by atoms with van der Waals surface area (Å²) in [4.78, 5) is 0. The Labute approximate surface area is 125 Å². The smallest absolute Gasteiger partial charge is 0.400 e. The van der Waals surface area contributed by atoms with Gasteiger partial charge >= 0.3 is 7.12 Å². The molecule has 114 valence electrons. The fraction of sp³-hybridized carbons (Fsp3) is 0.882. The molecule has 2 aliphatic rings. The SMILES string of the molecule is CC(C)(C)C1CCC(=CB2OC(C)(C)C(C)(C)O2)CC1. The van der Waals surface area contributed by atoms with E-state index in [9.17, 15) is 0 Å². The summed E-state index contributed by atoms with van der Waals surface area (Å²) in [6.45, 7) is 15.5. The van der Waals surface area contributed by atoms with Crippen molar-refractivity contribution in [2.45, 2.75) is 85.4 Å². The molecular weight excluding hydrogens is 247 g/mol. The largest absolute Gasteiger partial charge is 0.487 e. The van der Waals surface area contributed by atoms with E-state index in [1.807, 2.05) is 0 Å². The maximum Gasteiger partial charge on any atom is 0.487 e. The minimum atomic E-state index is -0.225. The normalized spacial score (nSPS) is 29.6. The lowest BCUT2D eigenvalue weighted by molar-refractivity contribution is 0.00578. The zero-order chi connectivity index (χ0) is 15.2. The third kappa shape index (κ3) is 3.31. The second-order valence-corrected chi connectivity index (χ2v) is 8.59. The van der Waals surface area contributed by atoms with Crippen LogP contribution in [0.1, 0.15) is 74.1 Å². The molecule has 20 heavy (non-hydrogen) atoms. The van der Waals surface area contributed by atoms with Crippen LogP contribution in [0.15, 0.2) is 11.5 Å². The van der Waals surface area contributed by atoms with Gasteiger partial charge in [0.05, 0.1) is 11.2 Å². The molecule has 0 aromatic carbocycles. The molecule has 0 amide bonds. The number of rotatable bonds is 1. The highest BCUT2D eigenvalue weighted by atomic mass is 16.7. The topological polar surface area (TPSA) is 18.5 Å². The van der Waals surface area contributed by atoms with Crippen molar-refractivity contribution in [3.63, 3.8) is 0 Å². The monoisotopic (exact) mass is 278 g/mol. The molecule has 0 N–H and O–H groups in total. The molecule has 1 aliphatic heterocycles. The minimum Gasteiger partial charge on any atom is -0.400 e. The van der Waals surface area contributed by atoms with Gasteiger partial charge in [-0.25, -0.2) is 0 Å². The number of hydrogen-bond donors (Lipinski definition) is 0. The molecule has 0 radical (unpaired) electrons. The summed E-state index contributed by atoms with van der Waals surface area (Å²) in [7, 11) is -0.166. The first-order valence-corrected chi connectivity index (χ1v) is 8.06. The summed E-state index contributed by atoms with van der Waals surface area (Å²) in [6, 6.07) is 0. The van der Waals surface area contributed by atoms with Crippen LogP contribution in [0.5, 0.6) is 0 Å². The molecule has 0 aromatic heterocycles. The lowest BCUT2D eigenvalue weighted by Gasteiger charge is -2.34. The van der Waals surface area contributed by atoms with E-state index in [1.165, 1.54) is 31.3 Å². The molecule has 1 saturated heterocycles. The van der Waals surface area contributed by atoms with E-state index in [2.05, 4.69) is 54.4 Å². The molecule has 0 aromatic rings. The third-order valence-corrected chi connectivity index (χ3v) is 5.50. The summed E-state index contributed by atoms with van der Waals surface area (Å²) in [5, 5.41) is 0. The van der Waals surface area contributed by atoms with Gasteiger partial charge in [-0.15, -0.1) is 0 Å². The lowest BCUT2D eigenvalue weighted by atomic mass is 9.70. The molecule has 0 atom stereocenters. The molecule has 2 rings (SSSR count). The first-order valence-electron chi connectivity index (χ1n) is 8.06. The molecule has 0 unspecified atom stereocenters. The maximum absolute atomic E-state index is 6.06. The predicted molar refractivity (Wildman–Crippen MR) is 85.6 cm³/mol. The van der Waals surface area contributed by atoms with Gasteiger partial charge in [0.1, 0.15) is 0 Å². The van der Waals surface area contributed by atoms with E-state index in [0.29, 0.717) is 5.41 Å². The van der Waals surface area contributed by atoms with E-state index < -0.39 is 0 Å². The Balaban J connectivity index is 1.95. The maximum atomic E-state index is 6.06. The number of allylic oxidation sites excluding steroid dienone is 1. The zero-order valence-electron chi connectivity index (χ0n) is 14.4. The molecule has 1 aliphatic carbocycles. The number of hydrogen-bond acceptors (Lipinski definition) is 2. The highest BCUT2D eigenvalue weighted by Crippen LogP contribution is 2.41. The van der Waals surface area contributed by atoms with Crippen LogP contribution in [0.2, 0.25) is 0 Å². The van der Waals surface area contributed by atoms with Gasteiger partial charge in [0.15, 0.2) is 0 Å². The van der Waals surface area contributed by atoms with Crippen LogP contribution >= 0.6 is 0 Å². The second-order valence-electron chi connectivity index (χ2n) is 8.59. The molecule has 1 saturated carbocycles. The molecule has 1 heterocycles. The van der Waals surface area contributed by atoms with Crippen molar-refractivity contribution < 1.29 is 9.31 Å². The van der Waals surface area contributed by atoms with Gasteiger partial charge in [0.25, 0.3) is 0 Å². The van der Waals surface area contributed by atoms with Gasteiger partial charge < -0.3 is 9.31 Å². The van der Waals surface area contributed by atoms with Crippen molar-refractivity contribution in [2.75, 3.05) is 0 Å². The third-order valence-electron chi connectivity index (χ3n) is 5.50. The van der Waals surface area contributed by atoms with Gasteiger partial charge in [-0.05, 0) is 64.7 Å². The minimum absolute atomic E-state index is 0.166. The molecular formula is C17H31BO2. The van der Waals surface area contributed by atoms with Gasteiger partial charge in [0, 0.05) is 0 Å². The Morgan fingerprint density at radius 2 is 1.45 bits per heavy atom. The fourth-order valence-corrected chi connectivity index (χ4v) is 3.17. The Hall–Kier alpha value is -0.275. The van der Waals surface area contributed by atoms with Crippen LogP contribution in [0.4, 0.5) is 0 Å². The van der Waals surface area contributed by atoms with Crippen LogP contribution in [0, 0.1) is 11.3 Å². The zero-order valence-corrected chi connectivity index (χ0v) is 14.4. The standard InChI is InChI=1S/C17H31BO2/c1-15(2,3)14-10-8-13(9-11-14)12-18-19-16(4,5)17(6,7)20-18/h12,14H,8-11H2,1-7H3. The van der Waals surface area contributed by atoms with Gasteiger partial charge in [-0.1, -0.05) is 32.3 Å². The Morgan fingerprint density at radius 1 is 1.00 bits per heavy atom. The second kappa shape index (κ2) is 5.17. The quantitative estimate of drug-likeness (QED) is 0.642. The van der Waals surface area contributed by atoms with Crippen LogP contribution in [0.3, 0.4) is 0 Å². The average Bonchev–Trinajstić information content (AvgIpc) is 2.46. The van der Waals surface area contributed by atoms with Gasteiger partial charge in [-0.2, -0.15) is 0 Å². The van der Waals surface area contributed by atoms with Crippen molar-refractivity contribution in [1.82, 2.24) is 0 Å².